The van der Waals surface area contributed by atoms with Crippen molar-refractivity contribution in [1.82, 2.24) is 0 Å². The summed E-state index contributed by atoms with van der Waals surface area (Å²) < 4.78 is 0. The van der Waals surface area contributed by atoms with Crippen LogP contribution in [0.5, 0.6) is 0 Å². The first-order valence-electron chi connectivity index (χ1n) is 7.56. The molecular weight excluding hydrogens is 223 g/mol. The Kier molecular flexibility index (Phi) is 7.86. The van der Waals surface area contributed by atoms with Gasteiger partial charge < -0.3 is 0 Å². The maximum atomic E-state index is 2.56. The largest absolute Gasteiger partial charge is 0.0677 e. The van der Waals surface area contributed by atoms with Gasteiger partial charge in [-0.2, -0.15) is 0 Å². The van der Waals surface area contributed by atoms with Crippen LogP contribution in [-0.2, 0) is 0 Å². The minimum absolute atomic E-state index is 0.788. The summed E-state index contributed by atoms with van der Waals surface area (Å²) >= 11 is 0. The molecule has 0 saturated carbocycles. The van der Waals surface area contributed by atoms with Crippen molar-refractivity contribution in [2.75, 3.05) is 12.3 Å². The Morgan fingerprint density at radius 1 is 0.647 bits per heavy atom. The normalized spacial score (nSPS) is 16.8. The lowest BCUT2D eigenvalue weighted by Gasteiger charge is -2.17. The van der Waals surface area contributed by atoms with E-state index in [1.165, 1.54) is 63.7 Å². The number of rotatable bonds is 10. The molecule has 0 aliphatic carbocycles. The first-order chi connectivity index (χ1) is 8.33. The van der Waals surface area contributed by atoms with Gasteiger partial charge in [0.05, 0.1) is 31.2 Å². The van der Waals surface area contributed by atoms with Gasteiger partial charge >= 0.3 is 0 Å². The third-order valence-electron chi connectivity index (χ3n) is 3.73. The molecule has 1 heterocycles. The molecule has 1 heteroatoms. The van der Waals surface area contributed by atoms with Crippen LogP contribution in [0.3, 0.4) is 0 Å². The summed E-state index contributed by atoms with van der Waals surface area (Å²) in [7, 11) is -0.788. The average Bonchev–Trinajstić information content (AvgIpc) is 2.80. The predicted molar refractivity (Wildman–Crippen MR) is 83.2 cm³/mol. The highest BCUT2D eigenvalue weighted by Gasteiger charge is 2.32. The fourth-order valence-corrected chi connectivity index (χ4v) is 6.00. The topological polar surface area (TPSA) is 0 Å². The highest BCUT2D eigenvalue weighted by Crippen LogP contribution is 2.65. The summed E-state index contributed by atoms with van der Waals surface area (Å²) in [5.74, 6) is 5.12. The lowest BCUT2D eigenvalue weighted by molar-refractivity contribution is 0.695. The molecule has 98 valence electrons. The Bertz CT molecular complexity index is 214. The molecule has 0 amide bonds. The maximum absolute atomic E-state index is 2.56. The van der Waals surface area contributed by atoms with Crippen LogP contribution in [0.25, 0.3) is 0 Å². The molecule has 0 atom stereocenters. The summed E-state index contributed by atoms with van der Waals surface area (Å²) in [4.78, 5) is 0. The Labute approximate surface area is 109 Å². The van der Waals surface area contributed by atoms with Crippen LogP contribution in [0.15, 0.2) is 23.8 Å². The van der Waals surface area contributed by atoms with Gasteiger partial charge in [0, 0.05) is 0 Å². The second-order valence-electron chi connectivity index (χ2n) is 5.35. The van der Waals surface area contributed by atoms with E-state index in [1.54, 1.807) is 0 Å². The molecule has 0 aromatic carbocycles. The third kappa shape index (κ3) is 5.87. The molecule has 0 radical (unpaired) electrons. The zero-order valence-electron chi connectivity index (χ0n) is 11.8. The number of unbranched alkanes of at least 4 members (excludes halogenated alkanes) is 6. The van der Waals surface area contributed by atoms with E-state index in [4.69, 9.17) is 0 Å². The second kappa shape index (κ2) is 8.92. The van der Waals surface area contributed by atoms with E-state index in [1.807, 2.05) is 0 Å². The van der Waals surface area contributed by atoms with Gasteiger partial charge in [-0.25, -0.2) is 0 Å². The van der Waals surface area contributed by atoms with Crippen LogP contribution in [0, 0.1) is 0 Å². The number of hydrogen-bond donors (Lipinski definition) is 0. The number of allylic oxidation sites excluding steroid dienone is 2. The van der Waals surface area contributed by atoms with Crippen LogP contribution in [0.2, 0.25) is 0 Å². The Morgan fingerprint density at radius 3 is 1.53 bits per heavy atom. The molecule has 0 spiro atoms. The third-order valence-corrected chi connectivity index (χ3v) is 7.56. The second-order valence-corrected chi connectivity index (χ2v) is 9.05. The van der Waals surface area contributed by atoms with Crippen LogP contribution in [0.1, 0.15) is 65.2 Å². The standard InChI is InChI=1S/C16H30P/c1-3-5-7-9-13-17(15-11-12-16-17)14-10-8-6-4-2/h11-12,15-16H,3-10,13-14H2,1-2H3/q+1. The molecule has 0 aromatic rings. The molecule has 1 aliphatic rings. The molecule has 0 nitrogen and oxygen atoms in total. The summed E-state index contributed by atoms with van der Waals surface area (Å²) in [5, 5.41) is 0. The number of hydrogen-bond acceptors (Lipinski definition) is 0. The molecule has 0 aromatic heterocycles. The zero-order chi connectivity index (χ0) is 12.4. The van der Waals surface area contributed by atoms with Crippen molar-refractivity contribution in [3.05, 3.63) is 23.8 Å². The minimum Gasteiger partial charge on any atom is -0.0654 e. The van der Waals surface area contributed by atoms with Gasteiger partial charge in [0.15, 0.2) is 0 Å². The van der Waals surface area contributed by atoms with Crippen molar-refractivity contribution < 1.29 is 0 Å². The molecule has 1 rings (SSSR count). The average molecular weight is 253 g/mol. The highest BCUT2D eigenvalue weighted by molar-refractivity contribution is 7.81. The van der Waals surface area contributed by atoms with Gasteiger partial charge in [-0.15, -0.1) is 0 Å². The van der Waals surface area contributed by atoms with E-state index in [-0.39, 0.29) is 0 Å². The lowest BCUT2D eigenvalue weighted by Crippen LogP contribution is -1.98. The van der Waals surface area contributed by atoms with Crippen molar-refractivity contribution in [1.29, 1.82) is 0 Å². The summed E-state index contributed by atoms with van der Waals surface area (Å²) in [5.41, 5.74) is 0. The molecular formula is C16H30P+. The van der Waals surface area contributed by atoms with E-state index in [2.05, 4.69) is 37.6 Å². The van der Waals surface area contributed by atoms with Crippen molar-refractivity contribution in [3.8, 4) is 0 Å². The molecule has 0 N–H and O–H groups in total. The van der Waals surface area contributed by atoms with Gasteiger partial charge in [0.1, 0.15) is 0 Å². The highest BCUT2D eigenvalue weighted by atomic mass is 31.2. The maximum Gasteiger partial charge on any atom is 0.0677 e. The van der Waals surface area contributed by atoms with E-state index >= 15 is 0 Å². The quantitative estimate of drug-likeness (QED) is 0.321. The molecule has 0 unspecified atom stereocenters. The monoisotopic (exact) mass is 253 g/mol. The van der Waals surface area contributed by atoms with Crippen LogP contribution in [0.4, 0.5) is 0 Å². The van der Waals surface area contributed by atoms with Gasteiger partial charge in [-0.05, 0) is 37.8 Å². The molecule has 0 saturated heterocycles. The van der Waals surface area contributed by atoms with Gasteiger partial charge in [0.25, 0.3) is 0 Å². The van der Waals surface area contributed by atoms with Crippen molar-refractivity contribution in [2.24, 2.45) is 0 Å². The SMILES string of the molecule is CCCCCC[P+]1(CCCCCC)C=CC=C1. The fourth-order valence-electron chi connectivity index (χ4n) is 2.57. The van der Waals surface area contributed by atoms with Crippen molar-refractivity contribution in [3.63, 3.8) is 0 Å². The summed E-state index contributed by atoms with van der Waals surface area (Å²) in [6.07, 6.45) is 18.9. The van der Waals surface area contributed by atoms with Crippen molar-refractivity contribution >= 4 is 7.26 Å². The molecule has 1 aliphatic heterocycles. The minimum atomic E-state index is -0.788. The Morgan fingerprint density at radius 2 is 1.12 bits per heavy atom. The molecule has 0 bridgehead atoms. The smallest absolute Gasteiger partial charge is 0.0654 e. The Balaban J connectivity index is 2.25. The van der Waals surface area contributed by atoms with Crippen molar-refractivity contribution in [2.45, 2.75) is 65.2 Å². The van der Waals surface area contributed by atoms with Crippen LogP contribution in [-0.4, -0.2) is 12.3 Å². The van der Waals surface area contributed by atoms with Crippen LogP contribution < -0.4 is 0 Å². The van der Waals surface area contributed by atoms with E-state index in [0.29, 0.717) is 0 Å². The van der Waals surface area contributed by atoms with Gasteiger partial charge in [-0.3, -0.25) is 0 Å². The summed E-state index contributed by atoms with van der Waals surface area (Å²) in [6.45, 7) is 4.59. The van der Waals surface area contributed by atoms with E-state index in [9.17, 15) is 0 Å². The molecule has 17 heavy (non-hydrogen) atoms. The van der Waals surface area contributed by atoms with Gasteiger partial charge in [-0.1, -0.05) is 39.5 Å². The first-order valence-corrected chi connectivity index (χ1v) is 9.86. The van der Waals surface area contributed by atoms with Gasteiger partial charge in [0.2, 0.25) is 0 Å². The fraction of sp³-hybridized carbons (Fsp3) is 0.750. The van der Waals surface area contributed by atoms with E-state index < -0.39 is 7.26 Å². The summed E-state index contributed by atoms with van der Waals surface area (Å²) in [6, 6.07) is 0. The molecule has 0 fully saturated rings. The lowest BCUT2D eigenvalue weighted by atomic mass is 10.2. The predicted octanol–water partition coefficient (Wildman–Crippen LogP) is 6.21. The van der Waals surface area contributed by atoms with E-state index in [0.717, 1.165) is 0 Å². The van der Waals surface area contributed by atoms with Crippen LogP contribution >= 0.6 is 7.26 Å². The zero-order valence-corrected chi connectivity index (χ0v) is 12.7. The first kappa shape index (κ1) is 15.0. The Hall–Kier alpha value is -0.0900.